The van der Waals surface area contributed by atoms with Crippen LogP contribution in [-0.4, -0.2) is 49.9 Å². The zero-order chi connectivity index (χ0) is 18.0. The van der Waals surface area contributed by atoms with Crippen molar-refractivity contribution >= 4 is 0 Å². The molecule has 3 saturated heterocycles. The Morgan fingerprint density at radius 3 is 2.69 bits per heavy atom. The highest BCUT2D eigenvalue weighted by atomic mass is 16.8. The fourth-order valence-corrected chi connectivity index (χ4v) is 3.69. The van der Waals surface area contributed by atoms with Gasteiger partial charge in [-0.3, -0.25) is 0 Å². The first-order chi connectivity index (χ1) is 12.6. The van der Waals surface area contributed by atoms with Gasteiger partial charge in [-0.1, -0.05) is 30.3 Å². The van der Waals surface area contributed by atoms with Crippen LogP contribution in [0.3, 0.4) is 0 Å². The van der Waals surface area contributed by atoms with Crippen molar-refractivity contribution in [3.8, 4) is 0 Å². The summed E-state index contributed by atoms with van der Waals surface area (Å²) < 4.78 is 35.7. The first-order valence-electron chi connectivity index (χ1n) is 9.50. The summed E-state index contributed by atoms with van der Waals surface area (Å²) in [5.74, 6) is -0.665. The Balaban J connectivity index is 1.38. The van der Waals surface area contributed by atoms with Gasteiger partial charge in [0, 0.05) is 6.61 Å². The molecule has 0 aliphatic carbocycles. The number of benzene rings is 1. The van der Waals surface area contributed by atoms with Gasteiger partial charge in [-0.05, 0) is 38.7 Å². The molecule has 1 aromatic carbocycles. The Hall–Kier alpha value is -1.02. The van der Waals surface area contributed by atoms with Gasteiger partial charge in [0.25, 0.3) is 0 Å². The topological polar surface area (TPSA) is 55.4 Å². The molecule has 5 atom stereocenters. The number of ether oxygens (including phenoxy) is 6. The van der Waals surface area contributed by atoms with Crippen LogP contribution in [-0.2, 0) is 35.0 Å². The summed E-state index contributed by atoms with van der Waals surface area (Å²) in [6.07, 6.45) is 1.84. The lowest BCUT2D eigenvalue weighted by atomic mass is 10.1. The van der Waals surface area contributed by atoms with E-state index in [1.54, 1.807) is 0 Å². The summed E-state index contributed by atoms with van der Waals surface area (Å²) >= 11 is 0. The van der Waals surface area contributed by atoms with E-state index < -0.39 is 12.1 Å². The molecule has 3 aliphatic rings. The molecule has 6 nitrogen and oxygen atoms in total. The highest BCUT2D eigenvalue weighted by Gasteiger charge is 2.55. The average Bonchev–Trinajstić information content (AvgIpc) is 3.11. The van der Waals surface area contributed by atoms with Crippen molar-refractivity contribution in [3.63, 3.8) is 0 Å². The molecule has 0 spiro atoms. The van der Waals surface area contributed by atoms with E-state index >= 15 is 0 Å². The molecule has 0 N–H and O–H groups in total. The van der Waals surface area contributed by atoms with Gasteiger partial charge in [-0.15, -0.1) is 0 Å². The van der Waals surface area contributed by atoms with E-state index in [-0.39, 0.29) is 24.6 Å². The molecular formula is C20H28O6. The fourth-order valence-electron chi connectivity index (χ4n) is 3.69. The second-order valence-electron chi connectivity index (χ2n) is 7.53. The Morgan fingerprint density at radius 2 is 1.92 bits per heavy atom. The third-order valence-corrected chi connectivity index (χ3v) is 4.96. The second-order valence-corrected chi connectivity index (χ2v) is 7.53. The number of hydrogen-bond donors (Lipinski definition) is 0. The quantitative estimate of drug-likeness (QED) is 0.773. The van der Waals surface area contributed by atoms with Gasteiger partial charge in [0.15, 0.2) is 18.4 Å². The summed E-state index contributed by atoms with van der Waals surface area (Å²) in [6, 6.07) is 10.1. The molecule has 0 aromatic heterocycles. The Labute approximate surface area is 154 Å². The molecule has 6 heteroatoms. The standard InChI is InChI=1S/C20H28O6/c1-20(2)25-18-17(23-12-14-8-4-3-5-9-14)15(24-19(18)26-20)13-22-16-10-6-7-11-21-16/h3-5,8-9,15-19H,6-7,10-13H2,1-2H3/t15-,16?,17+,18-,19-/m0/s1. The molecule has 0 radical (unpaired) electrons. The predicted molar refractivity (Wildman–Crippen MR) is 93.3 cm³/mol. The van der Waals surface area contributed by atoms with Crippen LogP contribution in [0.5, 0.6) is 0 Å². The van der Waals surface area contributed by atoms with Crippen molar-refractivity contribution in [1.82, 2.24) is 0 Å². The maximum Gasteiger partial charge on any atom is 0.190 e. The maximum absolute atomic E-state index is 6.20. The van der Waals surface area contributed by atoms with Gasteiger partial charge in [-0.2, -0.15) is 0 Å². The van der Waals surface area contributed by atoms with Gasteiger partial charge in [0.2, 0.25) is 0 Å². The molecule has 1 unspecified atom stereocenters. The summed E-state index contributed by atoms with van der Waals surface area (Å²) in [5.41, 5.74) is 1.12. The second kappa shape index (κ2) is 7.92. The lowest BCUT2D eigenvalue weighted by Crippen LogP contribution is -2.40. The maximum atomic E-state index is 6.20. The normalized spacial score (nSPS) is 36.2. The van der Waals surface area contributed by atoms with E-state index in [2.05, 4.69) is 0 Å². The first kappa shape index (κ1) is 18.3. The predicted octanol–water partition coefficient (Wildman–Crippen LogP) is 2.99. The molecule has 26 heavy (non-hydrogen) atoms. The van der Waals surface area contributed by atoms with E-state index in [0.717, 1.165) is 31.4 Å². The molecule has 3 aliphatic heterocycles. The van der Waals surface area contributed by atoms with E-state index in [1.165, 1.54) is 0 Å². The summed E-state index contributed by atoms with van der Waals surface area (Å²) in [4.78, 5) is 0. The van der Waals surface area contributed by atoms with Crippen LogP contribution in [0.15, 0.2) is 30.3 Å². The van der Waals surface area contributed by atoms with Crippen molar-refractivity contribution in [2.45, 2.75) is 76.4 Å². The number of fused-ring (bicyclic) bond motifs is 1. The third kappa shape index (κ3) is 4.27. The van der Waals surface area contributed by atoms with Gasteiger partial charge in [0.05, 0.1) is 13.2 Å². The van der Waals surface area contributed by atoms with Crippen molar-refractivity contribution in [2.75, 3.05) is 13.2 Å². The highest BCUT2D eigenvalue weighted by Crippen LogP contribution is 2.39. The molecule has 4 rings (SSSR count). The van der Waals surface area contributed by atoms with Crippen LogP contribution < -0.4 is 0 Å². The van der Waals surface area contributed by atoms with Crippen molar-refractivity contribution in [1.29, 1.82) is 0 Å². The smallest absolute Gasteiger partial charge is 0.190 e. The summed E-state index contributed by atoms with van der Waals surface area (Å²) in [5, 5.41) is 0. The van der Waals surface area contributed by atoms with Crippen LogP contribution in [0, 0.1) is 0 Å². The lowest BCUT2D eigenvalue weighted by Gasteiger charge is -2.28. The van der Waals surface area contributed by atoms with E-state index in [4.69, 9.17) is 28.4 Å². The fraction of sp³-hybridized carbons (Fsp3) is 0.700. The molecule has 1 aromatic rings. The van der Waals surface area contributed by atoms with Crippen LogP contribution in [0.4, 0.5) is 0 Å². The molecule has 0 bridgehead atoms. The van der Waals surface area contributed by atoms with Gasteiger partial charge in [0.1, 0.15) is 18.3 Å². The van der Waals surface area contributed by atoms with Gasteiger partial charge >= 0.3 is 0 Å². The van der Waals surface area contributed by atoms with E-state index in [1.807, 2.05) is 44.2 Å². The minimum Gasteiger partial charge on any atom is -0.368 e. The summed E-state index contributed by atoms with van der Waals surface area (Å²) in [6.45, 7) is 5.45. The number of hydrogen-bond acceptors (Lipinski definition) is 6. The molecule has 3 heterocycles. The SMILES string of the molecule is CC1(C)O[C@@H]2O[C@@H](COC3CCCCO3)[C@@H](OCc3ccccc3)[C@@H]2O1. The molecular weight excluding hydrogens is 336 g/mol. The Kier molecular flexibility index (Phi) is 5.59. The lowest BCUT2D eigenvalue weighted by molar-refractivity contribution is -0.238. The van der Waals surface area contributed by atoms with Crippen LogP contribution in [0.1, 0.15) is 38.7 Å². The monoisotopic (exact) mass is 364 g/mol. The van der Waals surface area contributed by atoms with Crippen molar-refractivity contribution in [3.05, 3.63) is 35.9 Å². The zero-order valence-corrected chi connectivity index (χ0v) is 15.5. The van der Waals surface area contributed by atoms with Crippen LogP contribution in [0.25, 0.3) is 0 Å². The molecule has 0 saturated carbocycles. The highest BCUT2D eigenvalue weighted by molar-refractivity contribution is 5.13. The molecule has 3 fully saturated rings. The molecule has 144 valence electrons. The minimum absolute atomic E-state index is 0.152. The van der Waals surface area contributed by atoms with Gasteiger partial charge < -0.3 is 28.4 Å². The third-order valence-electron chi connectivity index (χ3n) is 4.96. The van der Waals surface area contributed by atoms with Gasteiger partial charge in [-0.25, -0.2) is 0 Å². The summed E-state index contributed by atoms with van der Waals surface area (Å²) in [7, 11) is 0. The molecule has 0 amide bonds. The van der Waals surface area contributed by atoms with Crippen molar-refractivity contribution < 1.29 is 28.4 Å². The Bertz CT molecular complexity index is 571. The van der Waals surface area contributed by atoms with Crippen LogP contribution in [0.2, 0.25) is 0 Å². The van der Waals surface area contributed by atoms with E-state index in [0.29, 0.717) is 13.2 Å². The number of rotatable bonds is 6. The zero-order valence-electron chi connectivity index (χ0n) is 15.5. The average molecular weight is 364 g/mol. The first-order valence-corrected chi connectivity index (χ1v) is 9.50. The van der Waals surface area contributed by atoms with E-state index in [9.17, 15) is 0 Å². The minimum atomic E-state index is -0.665. The van der Waals surface area contributed by atoms with Crippen LogP contribution >= 0.6 is 0 Å². The van der Waals surface area contributed by atoms with Crippen molar-refractivity contribution in [2.24, 2.45) is 0 Å². The largest absolute Gasteiger partial charge is 0.368 e. The Morgan fingerprint density at radius 1 is 1.08 bits per heavy atom.